The molecule has 0 bridgehead atoms. The molecule has 0 saturated carbocycles. The van der Waals surface area contributed by atoms with E-state index in [4.69, 9.17) is 19.6 Å². The molecular weight excluding hydrogens is 450 g/mol. The summed E-state index contributed by atoms with van der Waals surface area (Å²) in [4.78, 5) is 4.49. The van der Waals surface area contributed by atoms with Gasteiger partial charge in [0.25, 0.3) is 0 Å². The molecule has 0 aliphatic carbocycles. The van der Waals surface area contributed by atoms with Gasteiger partial charge >= 0.3 is 0 Å². The van der Waals surface area contributed by atoms with Gasteiger partial charge in [0.05, 0.1) is 26.3 Å². The number of fused-ring (bicyclic) bond motifs is 4. The SMILES string of the molecule is COc1ccc(C2c3c(n(Cc4ccccc4)cnc3=N)Oc3ccc4ccccc4c32)cc1OC. The molecule has 36 heavy (non-hydrogen) atoms. The number of nitrogens with one attached hydrogen (secondary N) is 1. The van der Waals surface area contributed by atoms with Gasteiger partial charge in [0.1, 0.15) is 12.1 Å². The summed E-state index contributed by atoms with van der Waals surface area (Å²) in [5.41, 5.74) is 4.03. The molecule has 1 aromatic heterocycles. The first-order chi connectivity index (χ1) is 17.7. The molecule has 0 amide bonds. The van der Waals surface area contributed by atoms with Crippen molar-refractivity contribution in [2.24, 2.45) is 0 Å². The second-order valence-corrected chi connectivity index (χ2v) is 8.77. The molecular formula is C30H25N3O3. The van der Waals surface area contributed by atoms with Crippen LogP contribution >= 0.6 is 0 Å². The van der Waals surface area contributed by atoms with Crippen LogP contribution < -0.4 is 19.7 Å². The van der Waals surface area contributed by atoms with Crippen molar-refractivity contribution in [1.29, 1.82) is 5.41 Å². The molecule has 1 aliphatic rings. The predicted octanol–water partition coefficient (Wildman–Crippen LogP) is 5.87. The zero-order valence-electron chi connectivity index (χ0n) is 20.1. The zero-order chi connectivity index (χ0) is 24.6. The van der Waals surface area contributed by atoms with E-state index in [1.807, 2.05) is 59.2 Å². The molecule has 1 unspecified atom stereocenters. The average molecular weight is 476 g/mol. The maximum atomic E-state index is 8.87. The zero-order valence-corrected chi connectivity index (χ0v) is 20.1. The van der Waals surface area contributed by atoms with Crippen molar-refractivity contribution in [2.75, 3.05) is 14.2 Å². The van der Waals surface area contributed by atoms with Crippen LogP contribution in [0.15, 0.2) is 91.3 Å². The highest BCUT2D eigenvalue weighted by molar-refractivity contribution is 5.90. The molecule has 6 heteroatoms. The molecule has 0 spiro atoms. The lowest BCUT2D eigenvalue weighted by atomic mass is 9.81. The molecule has 178 valence electrons. The maximum absolute atomic E-state index is 8.87. The van der Waals surface area contributed by atoms with Gasteiger partial charge < -0.3 is 14.2 Å². The minimum Gasteiger partial charge on any atom is -0.493 e. The van der Waals surface area contributed by atoms with Crippen LogP contribution in [0.3, 0.4) is 0 Å². The van der Waals surface area contributed by atoms with Crippen LogP contribution in [0.2, 0.25) is 0 Å². The highest BCUT2D eigenvalue weighted by atomic mass is 16.5. The number of nitrogens with zero attached hydrogens (tertiary/aromatic N) is 2. The third-order valence-corrected chi connectivity index (χ3v) is 6.72. The van der Waals surface area contributed by atoms with E-state index in [2.05, 4.69) is 35.3 Å². The number of rotatable bonds is 5. The van der Waals surface area contributed by atoms with E-state index in [1.165, 1.54) is 0 Å². The van der Waals surface area contributed by atoms with Crippen molar-refractivity contribution >= 4 is 10.8 Å². The van der Waals surface area contributed by atoms with E-state index in [0.717, 1.165) is 38.8 Å². The number of methoxy groups -OCH3 is 2. The highest BCUT2D eigenvalue weighted by Crippen LogP contribution is 2.49. The summed E-state index contributed by atoms with van der Waals surface area (Å²) >= 11 is 0. The summed E-state index contributed by atoms with van der Waals surface area (Å²) in [6.45, 7) is 0.581. The molecule has 0 saturated heterocycles. The Balaban J connectivity index is 1.63. The highest BCUT2D eigenvalue weighted by Gasteiger charge is 2.34. The number of aromatic nitrogens is 2. The van der Waals surface area contributed by atoms with E-state index in [0.29, 0.717) is 23.9 Å². The lowest BCUT2D eigenvalue weighted by Gasteiger charge is -2.31. The van der Waals surface area contributed by atoms with Crippen molar-refractivity contribution in [3.63, 3.8) is 0 Å². The Morgan fingerprint density at radius 1 is 0.861 bits per heavy atom. The molecule has 6 nitrogen and oxygen atoms in total. The minimum absolute atomic E-state index is 0.188. The standard InChI is InChI=1S/C30H25N3O3/c1-34-23-14-13-21(16-25(23)35-2)26-27-22-11-7-6-10-20(22)12-15-24(27)36-30-28(26)29(31)32-18-33(30)17-19-8-4-3-5-9-19/h3-16,18,26,31H,17H2,1-2H3. The number of hydrogen-bond acceptors (Lipinski definition) is 5. The Hall–Kier alpha value is -4.58. The van der Waals surface area contributed by atoms with E-state index in [-0.39, 0.29) is 11.4 Å². The fraction of sp³-hybridized carbons (Fsp3) is 0.133. The van der Waals surface area contributed by atoms with Gasteiger partial charge in [0.15, 0.2) is 17.0 Å². The van der Waals surface area contributed by atoms with E-state index >= 15 is 0 Å². The maximum Gasteiger partial charge on any atom is 0.209 e. The summed E-state index contributed by atoms with van der Waals surface area (Å²) in [5.74, 6) is 2.41. The molecule has 6 rings (SSSR count). The van der Waals surface area contributed by atoms with Crippen LogP contribution in [0.5, 0.6) is 23.1 Å². The first kappa shape index (κ1) is 21.9. The van der Waals surface area contributed by atoms with Gasteiger partial charge in [-0.05, 0) is 40.1 Å². The number of hydrogen-bond donors (Lipinski definition) is 1. The van der Waals surface area contributed by atoms with Crippen LogP contribution in [0.25, 0.3) is 10.8 Å². The van der Waals surface area contributed by atoms with E-state index < -0.39 is 0 Å². The second-order valence-electron chi connectivity index (χ2n) is 8.77. The average Bonchev–Trinajstić information content (AvgIpc) is 2.93. The third-order valence-electron chi connectivity index (χ3n) is 6.72. The molecule has 0 radical (unpaired) electrons. The molecule has 1 atom stereocenters. The Morgan fingerprint density at radius 2 is 1.64 bits per heavy atom. The lowest BCUT2D eigenvalue weighted by molar-refractivity contribution is 0.354. The number of ether oxygens (including phenoxy) is 3. The van der Waals surface area contributed by atoms with Crippen molar-refractivity contribution < 1.29 is 14.2 Å². The van der Waals surface area contributed by atoms with Crippen molar-refractivity contribution in [3.05, 3.63) is 119 Å². The fourth-order valence-electron chi connectivity index (χ4n) is 5.05. The van der Waals surface area contributed by atoms with Crippen LogP contribution in [-0.4, -0.2) is 23.8 Å². The summed E-state index contributed by atoms with van der Waals surface area (Å²) in [6, 6.07) is 28.5. The summed E-state index contributed by atoms with van der Waals surface area (Å²) in [5, 5.41) is 11.1. The van der Waals surface area contributed by atoms with Gasteiger partial charge in [-0.1, -0.05) is 66.7 Å². The quantitative estimate of drug-likeness (QED) is 0.339. The minimum atomic E-state index is -0.280. The van der Waals surface area contributed by atoms with Crippen molar-refractivity contribution in [2.45, 2.75) is 12.5 Å². The Bertz CT molecular complexity index is 1640. The Labute approximate surface area is 208 Å². The smallest absolute Gasteiger partial charge is 0.209 e. The van der Waals surface area contributed by atoms with Gasteiger partial charge in [-0.2, -0.15) is 0 Å². The molecule has 0 fully saturated rings. The molecule has 4 aromatic carbocycles. The van der Waals surface area contributed by atoms with Gasteiger partial charge in [0, 0.05) is 11.5 Å². The Kier molecular flexibility index (Phi) is 5.41. The van der Waals surface area contributed by atoms with Crippen LogP contribution in [-0.2, 0) is 6.54 Å². The second kappa shape index (κ2) is 8.89. The molecule has 1 aliphatic heterocycles. The van der Waals surface area contributed by atoms with E-state index in [9.17, 15) is 0 Å². The first-order valence-electron chi connectivity index (χ1n) is 11.8. The topological polar surface area (TPSA) is 69.4 Å². The van der Waals surface area contributed by atoms with Crippen LogP contribution in [0.1, 0.15) is 28.2 Å². The van der Waals surface area contributed by atoms with Gasteiger partial charge in [-0.25, -0.2) is 4.98 Å². The normalized spacial score (nSPS) is 14.0. The largest absolute Gasteiger partial charge is 0.493 e. The predicted molar refractivity (Wildman–Crippen MR) is 138 cm³/mol. The summed E-state index contributed by atoms with van der Waals surface area (Å²) in [7, 11) is 3.26. The van der Waals surface area contributed by atoms with Crippen LogP contribution in [0.4, 0.5) is 0 Å². The van der Waals surface area contributed by atoms with Gasteiger partial charge in [-0.15, -0.1) is 0 Å². The summed E-state index contributed by atoms with van der Waals surface area (Å²) in [6.07, 6.45) is 1.69. The first-order valence-corrected chi connectivity index (χ1v) is 11.8. The van der Waals surface area contributed by atoms with Gasteiger partial charge in [0.2, 0.25) is 5.88 Å². The fourth-order valence-corrected chi connectivity index (χ4v) is 5.05. The molecule has 1 N–H and O–H groups in total. The summed E-state index contributed by atoms with van der Waals surface area (Å²) < 4.78 is 19.7. The van der Waals surface area contributed by atoms with Crippen molar-refractivity contribution in [3.8, 4) is 23.1 Å². The molecule has 5 aromatic rings. The Morgan fingerprint density at radius 3 is 2.44 bits per heavy atom. The monoisotopic (exact) mass is 475 g/mol. The van der Waals surface area contributed by atoms with E-state index in [1.54, 1.807) is 20.5 Å². The van der Waals surface area contributed by atoms with Crippen LogP contribution in [0, 0.1) is 5.41 Å². The van der Waals surface area contributed by atoms with Crippen molar-refractivity contribution in [1.82, 2.24) is 9.55 Å². The molecule has 2 heterocycles. The number of benzene rings is 4. The van der Waals surface area contributed by atoms with Gasteiger partial charge in [-0.3, -0.25) is 9.98 Å². The third kappa shape index (κ3) is 3.58. The lowest BCUT2D eigenvalue weighted by Crippen LogP contribution is -2.27.